The van der Waals surface area contributed by atoms with Gasteiger partial charge < -0.3 is 11.5 Å². The summed E-state index contributed by atoms with van der Waals surface area (Å²) in [5.41, 5.74) is 12.9. The summed E-state index contributed by atoms with van der Waals surface area (Å²) in [7, 11) is 0. The molecule has 3 nitrogen and oxygen atoms in total. The van der Waals surface area contributed by atoms with E-state index >= 15 is 0 Å². The molecule has 3 heteroatoms. The van der Waals surface area contributed by atoms with Gasteiger partial charge in [-0.15, -0.1) is 0 Å². The van der Waals surface area contributed by atoms with Crippen molar-refractivity contribution in [1.82, 2.24) is 0 Å². The topological polar surface area (TPSA) is 69.1 Å². The van der Waals surface area contributed by atoms with E-state index < -0.39 is 5.91 Å². The molecule has 0 spiro atoms. The summed E-state index contributed by atoms with van der Waals surface area (Å²) in [5, 5.41) is 0. The molecule has 1 rings (SSSR count). The Morgan fingerprint density at radius 1 is 1.31 bits per heavy atom. The van der Waals surface area contributed by atoms with Gasteiger partial charge in [-0.25, -0.2) is 0 Å². The number of primary amides is 1. The number of hydrogen-bond donors (Lipinski definition) is 2. The minimum absolute atomic E-state index is 0.349. The first-order valence-electron chi connectivity index (χ1n) is 4.21. The van der Waals surface area contributed by atoms with E-state index in [1.165, 1.54) is 0 Å². The zero-order chi connectivity index (χ0) is 10.0. The molecule has 0 fully saturated rings. The van der Waals surface area contributed by atoms with Crippen LogP contribution in [-0.2, 0) is 0 Å². The Balaban J connectivity index is 3.19. The van der Waals surface area contributed by atoms with Gasteiger partial charge in [-0.1, -0.05) is 13.8 Å². The maximum Gasteiger partial charge on any atom is 0.248 e. The molecule has 0 atom stereocenters. The fourth-order valence-electron chi connectivity index (χ4n) is 1.15. The van der Waals surface area contributed by atoms with Crippen LogP contribution in [0.25, 0.3) is 0 Å². The lowest BCUT2D eigenvalue weighted by atomic mass is 10.00. The largest absolute Gasteiger partial charge is 0.399 e. The molecular weight excluding hydrogens is 164 g/mol. The average molecular weight is 178 g/mol. The highest BCUT2D eigenvalue weighted by molar-refractivity contribution is 5.93. The van der Waals surface area contributed by atoms with Crippen molar-refractivity contribution in [3.05, 3.63) is 29.3 Å². The Hall–Kier alpha value is -1.51. The van der Waals surface area contributed by atoms with Crippen LogP contribution in [-0.4, -0.2) is 5.91 Å². The van der Waals surface area contributed by atoms with Gasteiger partial charge in [0.2, 0.25) is 5.91 Å². The van der Waals surface area contributed by atoms with Crippen molar-refractivity contribution >= 4 is 11.6 Å². The van der Waals surface area contributed by atoms with Crippen LogP contribution in [0.2, 0.25) is 0 Å². The van der Waals surface area contributed by atoms with Crippen molar-refractivity contribution in [2.75, 3.05) is 5.73 Å². The molecule has 1 amide bonds. The number of hydrogen-bond acceptors (Lipinski definition) is 2. The van der Waals surface area contributed by atoms with Crippen LogP contribution >= 0.6 is 0 Å². The molecule has 0 aliphatic carbocycles. The number of rotatable bonds is 2. The van der Waals surface area contributed by atoms with Gasteiger partial charge in [0, 0.05) is 11.3 Å². The van der Waals surface area contributed by atoms with E-state index in [2.05, 4.69) is 0 Å². The first-order chi connectivity index (χ1) is 6.00. The van der Waals surface area contributed by atoms with Crippen molar-refractivity contribution in [1.29, 1.82) is 0 Å². The first kappa shape index (κ1) is 9.58. The number of amides is 1. The maximum absolute atomic E-state index is 10.9. The van der Waals surface area contributed by atoms with Crippen molar-refractivity contribution in [2.24, 2.45) is 5.73 Å². The van der Waals surface area contributed by atoms with E-state index in [4.69, 9.17) is 11.5 Å². The zero-order valence-electron chi connectivity index (χ0n) is 7.87. The van der Waals surface area contributed by atoms with E-state index in [0.717, 1.165) is 5.56 Å². The third-order valence-corrected chi connectivity index (χ3v) is 1.93. The van der Waals surface area contributed by atoms with Gasteiger partial charge in [-0.2, -0.15) is 0 Å². The maximum atomic E-state index is 10.9. The van der Waals surface area contributed by atoms with Crippen LogP contribution in [0.4, 0.5) is 5.69 Å². The molecule has 0 aromatic heterocycles. The fraction of sp³-hybridized carbons (Fsp3) is 0.300. The Kier molecular flexibility index (Phi) is 2.56. The van der Waals surface area contributed by atoms with Crippen LogP contribution in [0, 0.1) is 0 Å². The summed E-state index contributed by atoms with van der Waals surface area (Å²) < 4.78 is 0. The van der Waals surface area contributed by atoms with E-state index in [-0.39, 0.29) is 0 Å². The molecule has 4 N–H and O–H groups in total. The second kappa shape index (κ2) is 3.47. The summed E-state index contributed by atoms with van der Waals surface area (Å²) >= 11 is 0. The fourth-order valence-corrected chi connectivity index (χ4v) is 1.15. The molecule has 1 aromatic rings. The molecule has 1 aromatic carbocycles. The molecular formula is C10H14N2O. The van der Waals surface area contributed by atoms with Gasteiger partial charge >= 0.3 is 0 Å². The zero-order valence-corrected chi connectivity index (χ0v) is 7.87. The van der Waals surface area contributed by atoms with E-state index in [1.807, 2.05) is 19.9 Å². The third kappa shape index (κ3) is 2.21. The van der Waals surface area contributed by atoms with Gasteiger partial charge in [-0.05, 0) is 29.7 Å². The quantitative estimate of drug-likeness (QED) is 0.673. The summed E-state index contributed by atoms with van der Waals surface area (Å²) in [4.78, 5) is 10.9. The summed E-state index contributed by atoms with van der Waals surface area (Å²) in [5.74, 6) is -0.0872. The Bertz CT molecular complexity index is 332. The van der Waals surface area contributed by atoms with E-state index in [1.54, 1.807) is 12.1 Å². The Morgan fingerprint density at radius 3 is 2.38 bits per heavy atom. The molecule has 0 radical (unpaired) electrons. The third-order valence-electron chi connectivity index (χ3n) is 1.93. The SMILES string of the molecule is CC(C)c1cc(N)cc(C(N)=O)c1. The van der Waals surface area contributed by atoms with E-state index in [0.29, 0.717) is 17.2 Å². The molecule has 0 saturated heterocycles. The summed E-state index contributed by atoms with van der Waals surface area (Å²) in [6.07, 6.45) is 0. The molecule has 0 saturated carbocycles. The van der Waals surface area contributed by atoms with Gasteiger partial charge in [0.25, 0.3) is 0 Å². The second-order valence-corrected chi connectivity index (χ2v) is 3.41. The second-order valence-electron chi connectivity index (χ2n) is 3.41. The highest BCUT2D eigenvalue weighted by Crippen LogP contribution is 2.19. The lowest BCUT2D eigenvalue weighted by Gasteiger charge is -2.07. The van der Waals surface area contributed by atoms with Crippen molar-refractivity contribution in [2.45, 2.75) is 19.8 Å². The van der Waals surface area contributed by atoms with Crippen LogP contribution in [0.15, 0.2) is 18.2 Å². The van der Waals surface area contributed by atoms with Gasteiger partial charge in [0.1, 0.15) is 0 Å². The smallest absolute Gasteiger partial charge is 0.248 e. The van der Waals surface area contributed by atoms with Crippen LogP contribution < -0.4 is 11.5 Å². The number of benzene rings is 1. The number of nitrogen functional groups attached to an aromatic ring is 1. The van der Waals surface area contributed by atoms with Crippen LogP contribution in [0.1, 0.15) is 35.7 Å². The highest BCUT2D eigenvalue weighted by atomic mass is 16.1. The number of anilines is 1. The van der Waals surface area contributed by atoms with Crippen molar-refractivity contribution in [3.8, 4) is 0 Å². The van der Waals surface area contributed by atoms with Gasteiger partial charge in [0.15, 0.2) is 0 Å². The lowest BCUT2D eigenvalue weighted by Crippen LogP contribution is -2.12. The predicted molar refractivity (Wildman–Crippen MR) is 53.5 cm³/mol. The first-order valence-corrected chi connectivity index (χ1v) is 4.21. The summed E-state index contributed by atoms with van der Waals surface area (Å²) in [6.45, 7) is 4.08. The molecule has 0 aliphatic rings. The molecule has 0 bridgehead atoms. The summed E-state index contributed by atoms with van der Waals surface area (Å²) in [6, 6.07) is 5.23. The van der Waals surface area contributed by atoms with Gasteiger partial charge in [-0.3, -0.25) is 4.79 Å². The molecule has 0 unspecified atom stereocenters. The minimum atomic E-state index is -0.436. The minimum Gasteiger partial charge on any atom is -0.399 e. The van der Waals surface area contributed by atoms with Gasteiger partial charge in [0.05, 0.1) is 0 Å². The Labute approximate surface area is 77.7 Å². The number of carbonyl (C=O) groups is 1. The predicted octanol–water partition coefficient (Wildman–Crippen LogP) is 1.49. The van der Waals surface area contributed by atoms with Crippen molar-refractivity contribution in [3.63, 3.8) is 0 Å². The molecule has 0 aliphatic heterocycles. The van der Waals surface area contributed by atoms with Crippen molar-refractivity contribution < 1.29 is 4.79 Å². The number of nitrogens with two attached hydrogens (primary N) is 2. The molecule has 70 valence electrons. The van der Waals surface area contributed by atoms with Crippen LogP contribution in [0.5, 0.6) is 0 Å². The number of carbonyl (C=O) groups excluding carboxylic acids is 1. The lowest BCUT2D eigenvalue weighted by molar-refractivity contribution is 0.1000. The monoisotopic (exact) mass is 178 g/mol. The normalized spacial score (nSPS) is 10.4. The van der Waals surface area contributed by atoms with E-state index in [9.17, 15) is 4.79 Å². The standard InChI is InChI=1S/C10H14N2O/c1-6(2)7-3-8(10(12)13)5-9(11)4-7/h3-6H,11H2,1-2H3,(H2,12,13). The Morgan fingerprint density at radius 2 is 1.92 bits per heavy atom. The molecule has 13 heavy (non-hydrogen) atoms. The van der Waals surface area contributed by atoms with Crippen LogP contribution in [0.3, 0.4) is 0 Å². The highest BCUT2D eigenvalue weighted by Gasteiger charge is 2.05. The molecule has 0 heterocycles. The average Bonchev–Trinajstić information content (AvgIpc) is 2.03.